The van der Waals surface area contributed by atoms with Gasteiger partial charge in [-0.2, -0.15) is 13.2 Å². The molecule has 0 atom stereocenters. The van der Waals surface area contributed by atoms with Gasteiger partial charge in [-0.1, -0.05) is 6.07 Å². The number of aromatic nitrogens is 1. The number of rotatable bonds is 4. The maximum atomic E-state index is 13.8. The lowest BCUT2D eigenvalue weighted by atomic mass is 10.2. The summed E-state index contributed by atoms with van der Waals surface area (Å²) in [6.45, 7) is -0.594. The number of nitrogens with one attached hydrogen (secondary N) is 1. The number of hydrogen-bond donors (Lipinski definition) is 2. The number of halogens is 5. The van der Waals surface area contributed by atoms with Gasteiger partial charge in [0.1, 0.15) is 28.9 Å². The molecule has 1 fully saturated rings. The maximum absolute atomic E-state index is 13.8. The molecule has 2 heterocycles. The first-order valence-corrected chi connectivity index (χ1v) is 8.62. The van der Waals surface area contributed by atoms with E-state index in [1.165, 1.54) is 17.0 Å². The third kappa shape index (κ3) is 3.46. The van der Waals surface area contributed by atoms with E-state index in [1.54, 1.807) is 0 Å². The molecule has 28 heavy (non-hydrogen) atoms. The first-order valence-electron chi connectivity index (χ1n) is 8.62. The van der Waals surface area contributed by atoms with Crippen molar-refractivity contribution in [3.8, 4) is 0 Å². The first kappa shape index (κ1) is 18.5. The van der Waals surface area contributed by atoms with Crippen molar-refractivity contribution < 1.29 is 22.0 Å². The Morgan fingerprint density at radius 1 is 1.18 bits per heavy atom. The van der Waals surface area contributed by atoms with Gasteiger partial charge in [-0.3, -0.25) is 0 Å². The number of alkyl halides is 3. The highest BCUT2D eigenvalue weighted by Gasteiger charge is 2.43. The van der Waals surface area contributed by atoms with Crippen molar-refractivity contribution in [1.82, 2.24) is 4.98 Å². The van der Waals surface area contributed by atoms with E-state index in [2.05, 4.69) is 15.3 Å². The van der Waals surface area contributed by atoms with Gasteiger partial charge >= 0.3 is 6.18 Å². The second-order valence-corrected chi connectivity index (χ2v) is 6.74. The molecule has 4 rings (SSSR count). The number of nitrogen functional groups attached to an aromatic ring is 1. The molecule has 0 bridgehead atoms. The van der Waals surface area contributed by atoms with Gasteiger partial charge in [0, 0.05) is 24.2 Å². The van der Waals surface area contributed by atoms with Crippen LogP contribution in [-0.2, 0) is 6.54 Å². The molecule has 3 N–H and O–H groups in total. The summed E-state index contributed by atoms with van der Waals surface area (Å²) in [6.07, 6.45) is -3.05. The number of nitrogens with zero attached hydrogens (tertiary/aromatic N) is 3. The molecule has 0 saturated heterocycles. The normalized spacial score (nSPS) is 16.6. The summed E-state index contributed by atoms with van der Waals surface area (Å²) in [7, 11) is 0. The van der Waals surface area contributed by atoms with Crippen molar-refractivity contribution in [2.45, 2.75) is 31.6 Å². The van der Waals surface area contributed by atoms with Crippen LogP contribution < -0.4 is 16.0 Å². The van der Waals surface area contributed by atoms with E-state index in [0.717, 1.165) is 25.0 Å². The minimum absolute atomic E-state index is 0.00797. The Morgan fingerprint density at radius 2 is 1.86 bits per heavy atom. The van der Waals surface area contributed by atoms with E-state index < -0.39 is 30.1 Å². The molecule has 10 heteroatoms. The van der Waals surface area contributed by atoms with Crippen molar-refractivity contribution in [2.24, 2.45) is 4.99 Å². The highest BCUT2D eigenvalue weighted by atomic mass is 19.4. The van der Waals surface area contributed by atoms with Crippen molar-refractivity contribution in [1.29, 1.82) is 0 Å². The number of nitrogens with two attached hydrogens (primary N) is 1. The summed E-state index contributed by atoms with van der Waals surface area (Å²) in [6, 6.07) is 4.78. The summed E-state index contributed by atoms with van der Waals surface area (Å²) < 4.78 is 67.1. The summed E-state index contributed by atoms with van der Waals surface area (Å²) in [5.41, 5.74) is 4.81. The lowest BCUT2D eigenvalue weighted by Crippen LogP contribution is -2.41. The fourth-order valence-corrected chi connectivity index (χ4v) is 3.08. The van der Waals surface area contributed by atoms with Gasteiger partial charge in [0.15, 0.2) is 5.82 Å². The second kappa shape index (κ2) is 6.61. The molecular formula is C18H16F5N5. The fraction of sp³-hybridized carbons (Fsp3) is 0.333. The van der Waals surface area contributed by atoms with Crippen LogP contribution in [0, 0.1) is 11.6 Å². The molecule has 1 aliphatic carbocycles. The Hall–Kier alpha value is -2.91. The molecule has 2 aliphatic rings. The number of hydrogen-bond acceptors (Lipinski definition) is 5. The van der Waals surface area contributed by atoms with E-state index in [1.807, 2.05) is 0 Å². The minimum atomic E-state index is -4.56. The fourth-order valence-electron chi connectivity index (χ4n) is 3.08. The van der Waals surface area contributed by atoms with E-state index >= 15 is 0 Å². The van der Waals surface area contributed by atoms with Gasteiger partial charge in [0.2, 0.25) is 0 Å². The van der Waals surface area contributed by atoms with E-state index in [-0.39, 0.29) is 41.2 Å². The summed E-state index contributed by atoms with van der Waals surface area (Å²) in [4.78, 5) is 9.54. The van der Waals surface area contributed by atoms with Crippen LogP contribution in [0.1, 0.15) is 18.4 Å². The Labute approximate surface area is 157 Å². The number of benzene rings is 1. The van der Waals surface area contributed by atoms with Crippen LogP contribution in [0.4, 0.5) is 45.0 Å². The van der Waals surface area contributed by atoms with Gasteiger partial charge in [-0.05, 0) is 25.0 Å². The van der Waals surface area contributed by atoms with E-state index in [4.69, 9.17) is 5.73 Å². The molecule has 0 radical (unpaired) electrons. The zero-order valence-electron chi connectivity index (χ0n) is 14.5. The monoisotopic (exact) mass is 397 g/mol. The smallest absolute Gasteiger partial charge is 0.397 e. The second-order valence-electron chi connectivity index (χ2n) is 6.74. The third-order valence-electron chi connectivity index (χ3n) is 4.67. The minimum Gasteiger partial charge on any atom is -0.397 e. The van der Waals surface area contributed by atoms with Gasteiger partial charge < -0.3 is 16.0 Å². The average molecular weight is 397 g/mol. The van der Waals surface area contributed by atoms with E-state index in [0.29, 0.717) is 0 Å². The standard InChI is InChI=1S/C18H16F5N5/c19-11-2-1-3-12(20)10(11)7-25-15-6-13(24)16-17(27-15)28(9-4-5-9)8-14(26-16)18(21,22)23/h1-3,6,9H,4-5,7-8H2,(H3,24,25,27). The molecule has 148 valence electrons. The maximum Gasteiger partial charge on any atom is 0.431 e. The topological polar surface area (TPSA) is 66.5 Å². The van der Waals surface area contributed by atoms with Crippen molar-refractivity contribution in [3.05, 3.63) is 41.5 Å². The molecule has 2 aromatic rings. The third-order valence-corrected chi connectivity index (χ3v) is 4.67. The van der Waals surface area contributed by atoms with Crippen LogP contribution in [0.3, 0.4) is 0 Å². The van der Waals surface area contributed by atoms with Crippen molar-refractivity contribution in [2.75, 3.05) is 22.5 Å². The molecule has 0 amide bonds. The lowest BCUT2D eigenvalue weighted by Gasteiger charge is -2.31. The average Bonchev–Trinajstić information content (AvgIpc) is 3.45. The van der Waals surface area contributed by atoms with Crippen LogP contribution in [-0.4, -0.2) is 29.5 Å². The molecule has 5 nitrogen and oxygen atoms in total. The summed E-state index contributed by atoms with van der Waals surface area (Å²) in [5.74, 6) is -0.975. The molecule has 1 aromatic carbocycles. The number of fused-ring (bicyclic) bond motifs is 1. The van der Waals surface area contributed by atoms with E-state index in [9.17, 15) is 22.0 Å². The van der Waals surface area contributed by atoms with Crippen molar-refractivity contribution >= 4 is 28.7 Å². The lowest BCUT2D eigenvalue weighted by molar-refractivity contribution is -0.0597. The Balaban J connectivity index is 1.67. The highest BCUT2D eigenvalue weighted by Crippen LogP contribution is 2.44. The molecular weight excluding hydrogens is 381 g/mol. The van der Waals surface area contributed by atoms with Crippen LogP contribution in [0.25, 0.3) is 0 Å². The Kier molecular flexibility index (Phi) is 4.35. The number of aliphatic imine (C=N–C) groups is 1. The van der Waals surface area contributed by atoms with Gasteiger partial charge in [0.05, 0.1) is 12.2 Å². The SMILES string of the molecule is Nc1cc(NCc2c(F)cccc2F)nc2c1N=C(C(F)(F)F)CN2C1CC1. The van der Waals surface area contributed by atoms with Crippen LogP contribution >= 0.6 is 0 Å². The molecule has 1 aromatic heterocycles. The van der Waals surface area contributed by atoms with Gasteiger partial charge in [-0.15, -0.1) is 0 Å². The number of pyridine rings is 1. The molecule has 1 aliphatic heterocycles. The van der Waals surface area contributed by atoms with Crippen LogP contribution in [0.15, 0.2) is 29.3 Å². The largest absolute Gasteiger partial charge is 0.431 e. The molecule has 0 unspecified atom stereocenters. The summed E-state index contributed by atoms with van der Waals surface area (Å²) >= 11 is 0. The Bertz CT molecular complexity index is 932. The van der Waals surface area contributed by atoms with Crippen molar-refractivity contribution in [3.63, 3.8) is 0 Å². The zero-order chi connectivity index (χ0) is 20.1. The van der Waals surface area contributed by atoms with Gasteiger partial charge in [0.25, 0.3) is 0 Å². The van der Waals surface area contributed by atoms with Crippen LogP contribution in [0.5, 0.6) is 0 Å². The Morgan fingerprint density at radius 3 is 2.46 bits per heavy atom. The predicted octanol–water partition coefficient (Wildman–Crippen LogP) is 4.17. The zero-order valence-corrected chi connectivity index (χ0v) is 14.5. The van der Waals surface area contributed by atoms with Crippen LogP contribution in [0.2, 0.25) is 0 Å². The van der Waals surface area contributed by atoms with Gasteiger partial charge in [-0.25, -0.2) is 18.8 Å². The highest BCUT2D eigenvalue weighted by molar-refractivity contribution is 6.01. The molecule has 1 saturated carbocycles. The summed E-state index contributed by atoms with van der Waals surface area (Å²) in [5, 5.41) is 2.79. The quantitative estimate of drug-likeness (QED) is 0.760. The first-order chi connectivity index (χ1) is 13.2. The number of anilines is 3. The molecule has 0 spiro atoms. The predicted molar refractivity (Wildman–Crippen MR) is 95.9 cm³/mol.